The number of nitrogens with zero attached hydrogens (tertiary/aromatic N) is 1. The van der Waals surface area contributed by atoms with Crippen molar-refractivity contribution < 1.29 is 14.3 Å². The van der Waals surface area contributed by atoms with Crippen LogP contribution in [0.5, 0.6) is 0 Å². The lowest BCUT2D eigenvalue weighted by Crippen LogP contribution is -2.33. The second kappa shape index (κ2) is 7.25. The molecule has 0 atom stereocenters. The Hall–Kier alpha value is -1.84. The van der Waals surface area contributed by atoms with Crippen LogP contribution in [-0.4, -0.2) is 37.0 Å². The summed E-state index contributed by atoms with van der Waals surface area (Å²) in [7, 11) is 1.35. The Morgan fingerprint density at radius 1 is 1.14 bits per heavy atom. The fourth-order valence-electron chi connectivity index (χ4n) is 2.03. The van der Waals surface area contributed by atoms with Gasteiger partial charge in [-0.3, -0.25) is 9.59 Å². The maximum absolute atomic E-state index is 12.4. The average Bonchev–Trinajstić information content (AvgIpc) is 2.46. The van der Waals surface area contributed by atoms with Gasteiger partial charge in [-0.15, -0.1) is 0 Å². The Balaban J connectivity index is 2.78. The highest BCUT2D eigenvalue weighted by Gasteiger charge is 2.17. The molecule has 116 valence electrons. The molecular weight excluding hydrogens is 266 g/mol. The van der Waals surface area contributed by atoms with Crippen molar-refractivity contribution in [2.45, 2.75) is 39.5 Å². The minimum Gasteiger partial charge on any atom is -0.469 e. The Morgan fingerprint density at radius 2 is 1.71 bits per heavy atom. The molecule has 0 bridgehead atoms. The Kier molecular flexibility index (Phi) is 5.94. The van der Waals surface area contributed by atoms with E-state index in [2.05, 4.69) is 25.5 Å². The third-order valence-corrected chi connectivity index (χ3v) is 3.48. The molecule has 0 saturated heterocycles. The predicted molar refractivity (Wildman–Crippen MR) is 83.4 cm³/mol. The van der Waals surface area contributed by atoms with Gasteiger partial charge >= 0.3 is 5.97 Å². The SMILES string of the molecule is CCN(CCC(=O)OC)C(=O)c1ccc(C(C)(C)C)cc1. The van der Waals surface area contributed by atoms with E-state index >= 15 is 0 Å². The first-order valence-corrected chi connectivity index (χ1v) is 7.26. The molecule has 0 fully saturated rings. The molecular formula is C17H25NO3. The highest BCUT2D eigenvalue weighted by Crippen LogP contribution is 2.22. The number of amides is 1. The van der Waals surface area contributed by atoms with Crippen LogP contribution < -0.4 is 0 Å². The van der Waals surface area contributed by atoms with Crippen molar-refractivity contribution in [1.82, 2.24) is 4.90 Å². The van der Waals surface area contributed by atoms with E-state index in [1.807, 2.05) is 31.2 Å². The minimum atomic E-state index is -0.302. The van der Waals surface area contributed by atoms with Crippen LogP contribution in [0.2, 0.25) is 0 Å². The Labute approximate surface area is 127 Å². The molecule has 0 radical (unpaired) electrons. The summed E-state index contributed by atoms with van der Waals surface area (Å²) in [5, 5.41) is 0. The van der Waals surface area contributed by atoms with E-state index in [0.29, 0.717) is 18.7 Å². The molecule has 1 aromatic carbocycles. The quantitative estimate of drug-likeness (QED) is 0.783. The normalized spacial score (nSPS) is 11.1. The van der Waals surface area contributed by atoms with E-state index < -0.39 is 0 Å². The number of ether oxygens (including phenoxy) is 1. The topological polar surface area (TPSA) is 46.6 Å². The van der Waals surface area contributed by atoms with Crippen LogP contribution in [0, 0.1) is 0 Å². The molecule has 0 heterocycles. The molecule has 1 aromatic rings. The number of benzene rings is 1. The summed E-state index contributed by atoms with van der Waals surface area (Å²) in [5.41, 5.74) is 1.91. The number of hydrogen-bond acceptors (Lipinski definition) is 3. The van der Waals surface area contributed by atoms with Crippen LogP contribution in [0.25, 0.3) is 0 Å². The lowest BCUT2D eigenvalue weighted by molar-refractivity contribution is -0.140. The van der Waals surface area contributed by atoms with Gasteiger partial charge in [0, 0.05) is 18.7 Å². The lowest BCUT2D eigenvalue weighted by Gasteiger charge is -2.22. The van der Waals surface area contributed by atoms with Gasteiger partial charge in [0.05, 0.1) is 13.5 Å². The van der Waals surface area contributed by atoms with Crippen LogP contribution in [0.4, 0.5) is 0 Å². The summed E-state index contributed by atoms with van der Waals surface area (Å²) < 4.78 is 4.61. The highest BCUT2D eigenvalue weighted by atomic mass is 16.5. The molecule has 1 amide bonds. The number of esters is 1. The van der Waals surface area contributed by atoms with Gasteiger partial charge in [-0.1, -0.05) is 32.9 Å². The van der Waals surface area contributed by atoms with Crippen molar-refractivity contribution in [3.63, 3.8) is 0 Å². The zero-order chi connectivity index (χ0) is 16.0. The van der Waals surface area contributed by atoms with Crippen LogP contribution in [0.3, 0.4) is 0 Å². The molecule has 0 aromatic heterocycles. The van der Waals surface area contributed by atoms with Crippen molar-refractivity contribution >= 4 is 11.9 Å². The van der Waals surface area contributed by atoms with E-state index in [1.54, 1.807) is 4.90 Å². The summed E-state index contributed by atoms with van der Waals surface area (Å²) >= 11 is 0. The minimum absolute atomic E-state index is 0.0538. The van der Waals surface area contributed by atoms with E-state index in [0.717, 1.165) is 0 Å². The summed E-state index contributed by atoms with van der Waals surface area (Å²) in [4.78, 5) is 25.3. The van der Waals surface area contributed by atoms with E-state index in [1.165, 1.54) is 12.7 Å². The first kappa shape index (κ1) is 17.2. The van der Waals surface area contributed by atoms with E-state index in [9.17, 15) is 9.59 Å². The molecule has 0 N–H and O–H groups in total. The van der Waals surface area contributed by atoms with Gasteiger partial charge in [-0.25, -0.2) is 0 Å². The molecule has 1 rings (SSSR count). The monoisotopic (exact) mass is 291 g/mol. The number of carbonyl (C=O) groups excluding carboxylic acids is 2. The van der Waals surface area contributed by atoms with Crippen molar-refractivity contribution in [3.05, 3.63) is 35.4 Å². The molecule has 0 aliphatic heterocycles. The Morgan fingerprint density at radius 3 is 2.14 bits per heavy atom. The summed E-state index contributed by atoms with van der Waals surface area (Å²) in [6.45, 7) is 9.26. The maximum atomic E-state index is 12.4. The maximum Gasteiger partial charge on any atom is 0.307 e. The zero-order valence-corrected chi connectivity index (χ0v) is 13.6. The second-order valence-corrected chi connectivity index (χ2v) is 6.04. The van der Waals surface area contributed by atoms with Crippen molar-refractivity contribution in [1.29, 1.82) is 0 Å². The number of carbonyl (C=O) groups is 2. The molecule has 0 aliphatic carbocycles. The van der Waals surface area contributed by atoms with Gasteiger partial charge in [0.2, 0.25) is 0 Å². The molecule has 0 aliphatic rings. The van der Waals surface area contributed by atoms with Gasteiger partial charge in [0.15, 0.2) is 0 Å². The smallest absolute Gasteiger partial charge is 0.307 e. The molecule has 0 spiro atoms. The standard InChI is InChI=1S/C17H25NO3/c1-6-18(12-11-15(19)21-5)16(20)13-7-9-14(10-8-13)17(2,3)4/h7-10H,6,11-12H2,1-5H3. The molecule has 4 heteroatoms. The summed E-state index contributed by atoms with van der Waals surface area (Å²) in [6.07, 6.45) is 0.218. The van der Waals surface area contributed by atoms with Gasteiger partial charge in [0.25, 0.3) is 5.91 Å². The number of hydrogen-bond donors (Lipinski definition) is 0. The van der Waals surface area contributed by atoms with E-state index in [-0.39, 0.29) is 23.7 Å². The lowest BCUT2D eigenvalue weighted by atomic mass is 9.86. The summed E-state index contributed by atoms with van der Waals surface area (Å²) in [6, 6.07) is 7.68. The highest BCUT2D eigenvalue weighted by molar-refractivity contribution is 5.94. The first-order valence-electron chi connectivity index (χ1n) is 7.26. The van der Waals surface area contributed by atoms with Crippen molar-refractivity contribution in [2.24, 2.45) is 0 Å². The van der Waals surface area contributed by atoms with Gasteiger partial charge in [-0.05, 0) is 30.0 Å². The zero-order valence-electron chi connectivity index (χ0n) is 13.6. The largest absolute Gasteiger partial charge is 0.469 e. The fraction of sp³-hybridized carbons (Fsp3) is 0.529. The van der Waals surface area contributed by atoms with Gasteiger partial charge in [0.1, 0.15) is 0 Å². The number of methoxy groups -OCH3 is 1. The van der Waals surface area contributed by atoms with Crippen LogP contribution in [-0.2, 0) is 14.9 Å². The van der Waals surface area contributed by atoms with Gasteiger partial charge < -0.3 is 9.64 Å². The third kappa shape index (κ3) is 4.88. The van der Waals surface area contributed by atoms with E-state index in [4.69, 9.17) is 0 Å². The molecule has 4 nitrogen and oxygen atoms in total. The van der Waals surface area contributed by atoms with Crippen molar-refractivity contribution in [2.75, 3.05) is 20.2 Å². The van der Waals surface area contributed by atoms with Crippen LogP contribution >= 0.6 is 0 Å². The predicted octanol–water partition coefficient (Wildman–Crippen LogP) is 3.01. The average molecular weight is 291 g/mol. The van der Waals surface area contributed by atoms with Crippen molar-refractivity contribution in [3.8, 4) is 0 Å². The first-order chi connectivity index (χ1) is 9.79. The fourth-order valence-corrected chi connectivity index (χ4v) is 2.03. The molecule has 21 heavy (non-hydrogen) atoms. The Bertz CT molecular complexity index is 486. The molecule has 0 saturated carbocycles. The summed E-state index contributed by atoms with van der Waals surface area (Å²) in [5.74, 6) is -0.355. The second-order valence-electron chi connectivity index (χ2n) is 6.04. The third-order valence-electron chi connectivity index (χ3n) is 3.48. The van der Waals surface area contributed by atoms with Gasteiger partial charge in [-0.2, -0.15) is 0 Å². The van der Waals surface area contributed by atoms with Crippen LogP contribution in [0.15, 0.2) is 24.3 Å². The molecule has 0 unspecified atom stereocenters. The van der Waals surface area contributed by atoms with Crippen LogP contribution in [0.1, 0.15) is 50.0 Å². The number of rotatable bonds is 5.